The molecule has 4 rings (SSSR count). The summed E-state index contributed by atoms with van der Waals surface area (Å²) in [5, 5.41) is 5.68. The standard InChI is InChI=1S/C29H31NP2.2ClH.Co/c1-2-3-16-25-30(31(26-17-8-4-9-18-26)27-19-10-5-11-20-27)32(28-21-12-6-13-22-28)29-23-14-7-15-24-29;;;/h4-15,17-24H,2-3,16,25H2,1H3;2*1H;/q;;;+2/p-2. The van der Waals surface area contributed by atoms with E-state index in [0.29, 0.717) is 12.9 Å². The van der Waals surface area contributed by atoms with E-state index in [4.69, 9.17) is 20.3 Å². The number of hydrogen-bond donors (Lipinski definition) is 0. The van der Waals surface area contributed by atoms with Crippen molar-refractivity contribution < 1.29 is 12.9 Å². The van der Waals surface area contributed by atoms with Crippen molar-refractivity contribution in [2.45, 2.75) is 26.2 Å². The molecule has 1 nitrogen and oxygen atoms in total. The number of rotatable bonds is 10. The normalized spacial score (nSPS) is 11.0. The molecule has 0 atom stereocenters. The van der Waals surface area contributed by atoms with Gasteiger partial charge in [-0.25, -0.2) is 4.44 Å². The number of hydrogen-bond acceptors (Lipinski definition) is 1. The van der Waals surface area contributed by atoms with Gasteiger partial charge in [-0.1, -0.05) is 141 Å². The summed E-state index contributed by atoms with van der Waals surface area (Å²) in [7, 11) is 8.15. The SMILES string of the molecule is CCCCCN(P(c1ccccc1)c1ccccc1)P(c1ccccc1)c1ccccc1.[Cl][Co][Cl]. The van der Waals surface area contributed by atoms with Crippen LogP contribution in [0.5, 0.6) is 0 Å². The van der Waals surface area contributed by atoms with E-state index in [1.165, 1.54) is 40.5 Å². The molecule has 4 aromatic carbocycles. The van der Waals surface area contributed by atoms with Gasteiger partial charge >= 0.3 is 33.2 Å². The van der Waals surface area contributed by atoms with Crippen molar-refractivity contribution in [2.75, 3.05) is 6.54 Å². The first-order valence-corrected chi connectivity index (χ1v) is 17.2. The van der Waals surface area contributed by atoms with Crippen LogP contribution in [0.15, 0.2) is 121 Å². The van der Waals surface area contributed by atoms with E-state index in [1.807, 2.05) is 0 Å². The Morgan fingerprint density at radius 1 is 0.543 bits per heavy atom. The molecule has 0 aliphatic carbocycles. The fraction of sp³-hybridized carbons (Fsp3) is 0.172. The zero-order valence-corrected chi connectivity index (χ0v) is 24.1. The fourth-order valence-electron chi connectivity index (χ4n) is 3.90. The summed E-state index contributed by atoms with van der Waals surface area (Å²) in [6, 6.07) is 44.5. The Kier molecular flexibility index (Phi) is 13.4. The van der Waals surface area contributed by atoms with Crippen LogP contribution >= 0.6 is 36.4 Å². The van der Waals surface area contributed by atoms with Gasteiger partial charge in [0.05, 0.1) is 0 Å². The van der Waals surface area contributed by atoms with Crippen molar-refractivity contribution in [2.24, 2.45) is 0 Å². The summed E-state index contributed by atoms with van der Waals surface area (Å²) in [5.74, 6) is 0. The van der Waals surface area contributed by atoms with E-state index < -0.39 is 16.1 Å². The van der Waals surface area contributed by atoms with Crippen LogP contribution in [0.2, 0.25) is 0 Å². The minimum absolute atomic E-state index is 0.382. The van der Waals surface area contributed by atoms with Gasteiger partial charge < -0.3 is 0 Å². The molecule has 0 bridgehead atoms. The van der Waals surface area contributed by atoms with Crippen molar-refractivity contribution >= 4 is 57.7 Å². The van der Waals surface area contributed by atoms with Crippen molar-refractivity contribution in [1.82, 2.24) is 4.44 Å². The predicted molar refractivity (Wildman–Crippen MR) is 156 cm³/mol. The first kappa shape index (κ1) is 28.4. The Hall–Kier alpha value is -1.21. The minimum atomic E-state index is -0.655. The maximum atomic E-state index is 4.73. The van der Waals surface area contributed by atoms with Gasteiger partial charge in [0, 0.05) is 22.7 Å². The van der Waals surface area contributed by atoms with Gasteiger partial charge in [-0.05, 0) is 27.6 Å². The molecule has 0 radical (unpaired) electrons. The molecule has 35 heavy (non-hydrogen) atoms. The molecular weight excluding hydrogens is 554 g/mol. The molecule has 0 fully saturated rings. The van der Waals surface area contributed by atoms with E-state index in [2.05, 4.69) is 133 Å². The molecule has 0 aromatic heterocycles. The number of nitrogens with zero attached hydrogens (tertiary/aromatic N) is 1. The molecule has 0 saturated carbocycles. The second kappa shape index (κ2) is 16.5. The third kappa shape index (κ3) is 8.69. The van der Waals surface area contributed by atoms with Gasteiger partial charge in [-0.15, -0.1) is 0 Å². The summed E-state index contributed by atoms with van der Waals surface area (Å²) < 4.78 is 2.84. The second-order valence-corrected chi connectivity index (χ2v) is 14.1. The van der Waals surface area contributed by atoms with Gasteiger partial charge in [-0.3, -0.25) is 0 Å². The van der Waals surface area contributed by atoms with Crippen LogP contribution in [0.3, 0.4) is 0 Å². The first-order chi connectivity index (χ1) is 17.3. The molecule has 0 unspecified atom stereocenters. The summed E-state index contributed by atoms with van der Waals surface area (Å²) in [6.07, 6.45) is 3.71. The Balaban J connectivity index is 0.00000108. The first-order valence-electron chi connectivity index (χ1n) is 11.7. The van der Waals surface area contributed by atoms with E-state index in [1.54, 1.807) is 0 Å². The van der Waals surface area contributed by atoms with Gasteiger partial charge in [0.15, 0.2) is 0 Å². The van der Waals surface area contributed by atoms with E-state index in [9.17, 15) is 0 Å². The van der Waals surface area contributed by atoms with Crippen molar-refractivity contribution in [1.29, 1.82) is 0 Å². The maximum absolute atomic E-state index is 4.73. The molecule has 0 amide bonds. The Morgan fingerprint density at radius 2 is 0.829 bits per heavy atom. The van der Waals surface area contributed by atoms with Crippen LogP contribution in [0.25, 0.3) is 0 Å². The molecule has 0 spiro atoms. The van der Waals surface area contributed by atoms with Crippen molar-refractivity contribution in [3.8, 4) is 0 Å². The van der Waals surface area contributed by atoms with Gasteiger partial charge in [0.1, 0.15) is 0 Å². The quantitative estimate of drug-likeness (QED) is 0.135. The fourth-order valence-corrected chi connectivity index (χ4v) is 10.0. The summed E-state index contributed by atoms with van der Waals surface area (Å²) in [5.41, 5.74) is 0. The van der Waals surface area contributed by atoms with Crippen LogP contribution in [-0.4, -0.2) is 11.0 Å². The number of unbranched alkanes of at least 4 members (excludes halogenated alkanes) is 2. The second-order valence-electron chi connectivity index (χ2n) is 7.82. The molecule has 0 aliphatic rings. The summed E-state index contributed by atoms with van der Waals surface area (Å²) in [4.78, 5) is 0. The average Bonchev–Trinajstić information content (AvgIpc) is 2.92. The van der Waals surface area contributed by atoms with Crippen molar-refractivity contribution in [3.05, 3.63) is 121 Å². The molecule has 0 N–H and O–H groups in total. The Labute approximate surface area is 228 Å². The molecule has 0 saturated heterocycles. The van der Waals surface area contributed by atoms with Gasteiger partial charge in [-0.2, -0.15) is 0 Å². The molecular formula is C29H31Cl2CoNP2. The average molecular weight is 585 g/mol. The monoisotopic (exact) mass is 584 g/mol. The van der Waals surface area contributed by atoms with E-state index in [-0.39, 0.29) is 0 Å². The molecule has 6 heteroatoms. The molecule has 0 aliphatic heterocycles. The number of halogens is 2. The van der Waals surface area contributed by atoms with Gasteiger partial charge in [0.2, 0.25) is 0 Å². The summed E-state index contributed by atoms with van der Waals surface area (Å²) >= 11 is 0.382. The van der Waals surface area contributed by atoms with Crippen LogP contribution in [0.4, 0.5) is 0 Å². The Bertz CT molecular complexity index is 911. The van der Waals surface area contributed by atoms with Crippen LogP contribution in [-0.2, 0) is 12.9 Å². The Morgan fingerprint density at radius 3 is 1.09 bits per heavy atom. The number of benzene rings is 4. The topological polar surface area (TPSA) is 3.24 Å². The third-order valence-corrected chi connectivity index (χ3v) is 11.0. The zero-order valence-electron chi connectivity index (χ0n) is 19.8. The van der Waals surface area contributed by atoms with Crippen LogP contribution < -0.4 is 21.2 Å². The third-order valence-electron chi connectivity index (χ3n) is 5.43. The summed E-state index contributed by atoms with van der Waals surface area (Å²) in [6.45, 7) is 3.39. The van der Waals surface area contributed by atoms with Crippen molar-refractivity contribution in [3.63, 3.8) is 0 Å². The van der Waals surface area contributed by atoms with Crippen LogP contribution in [0.1, 0.15) is 26.2 Å². The van der Waals surface area contributed by atoms with Gasteiger partial charge in [0.25, 0.3) is 0 Å². The molecule has 0 heterocycles. The van der Waals surface area contributed by atoms with E-state index >= 15 is 0 Å². The molecule has 4 aromatic rings. The zero-order chi connectivity index (χ0) is 24.7. The van der Waals surface area contributed by atoms with E-state index in [0.717, 1.165) is 6.54 Å². The molecule has 185 valence electrons. The van der Waals surface area contributed by atoms with Crippen LogP contribution in [0, 0.1) is 0 Å². The predicted octanol–water partition coefficient (Wildman–Crippen LogP) is 7.95.